The summed E-state index contributed by atoms with van der Waals surface area (Å²) in [5.74, 6) is 3.30. The lowest BCUT2D eigenvalue weighted by atomic mass is 10.1. The smallest absolute Gasteiger partial charge is 0.329 e. The molecule has 2 N–H and O–H groups in total. The maximum Gasteiger partial charge on any atom is 0.329 e. The number of aryl methyl sites for hydroxylation is 3. The van der Waals surface area contributed by atoms with Crippen LogP contribution >= 0.6 is 11.9 Å². The topological polar surface area (TPSA) is 85.0 Å². The zero-order chi connectivity index (χ0) is 28.6. The van der Waals surface area contributed by atoms with E-state index in [1.54, 1.807) is 20.4 Å². The van der Waals surface area contributed by atoms with E-state index in [2.05, 4.69) is 52.0 Å². The molecular weight excluding hydrogens is 524 g/mol. The largest absolute Gasteiger partial charge is 0.493 e. The summed E-state index contributed by atoms with van der Waals surface area (Å²) in [7, 11) is 3.19. The Bertz CT molecular complexity index is 1490. The van der Waals surface area contributed by atoms with Gasteiger partial charge in [0.15, 0.2) is 11.5 Å². The molecule has 4 aromatic rings. The summed E-state index contributed by atoms with van der Waals surface area (Å²) in [6.07, 6.45) is 1.70. The third-order valence-electron chi connectivity index (χ3n) is 6.66. The molecule has 1 aromatic heterocycles. The minimum Gasteiger partial charge on any atom is -0.493 e. The Morgan fingerprint density at radius 3 is 2.38 bits per heavy atom. The van der Waals surface area contributed by atoms with Crippen LogP contribution in [0, 0.1) is 20.8 Å². The molecule has 4 rings (SSSR count). The van der Waals surface area contributed by atoms with Crippen molar-refractivity contribution < 1.29 is 19.0 Å². The molecule has 40 heavy (non-hydrogen) atoms. The second-order valence-electron chi connectivity index (χ2n) is 9.34. The van der Waals surface area contributed by atoms with E-state index >= 15 is 0 Å². The fourth-order valence-corrected chi connectivity index (χ4v) is 5.07. The highest BCUT2D eigenvalue weighted by molar-refractivity contribution is 7.97. The Hall–Kier alpha value is -4.11. The first kappa shape index (κ1) is 28.9. The standard InChI is InChI=1S/C31H36N4O4S/c1-7-35(26-11-9-8-10-20(26)2)14-15-40-34-31(36)33-24-16-22(4)28(17-21(24)3)39-27-12-13-32-25-19-30(38-6)29(37-5)18-23(25)27/h8-13,16-19H,7,14-15H2,1-6H3,(H2,33,34,36). The highest BCUT2D eigenvalue weighted by atomic mass is 32.2. The molecule has 2 amide bonds. The number of hydrogen-bond donors (Lipinski definition) is 2. The van der Waals surface area contributed by atoms with Gasteiger partial charge in [-0.3, -0.25) is 9.71 Å². The third kappa shape index (κ3) is 6.71. The molecule has 3 aromatic carbocycles. The quantitative estimate of drug-likeness (QED) is 0.147. The highest BCUT2D eigenvalue weighted by Gasteiger charge is 2.14. The molecule has 0 aliphatic rings. The average Bonchev–Trinajstić information content (AvgIpc) is 2.95. The number of hydrogen-bond acceptors (Lipinski definition) is 7. The number of ether oxygens (including phenoxy) is 3. The predicted molar refractivity (Wildman–Crippen MR) is 165 cm³/mol. The van der Waals surface area contributed by atoms with Crippen molar-refractivity contribution in [2.75, 3.05) is 43.3 Å². The second kappa shape index (κ2) is 13.3. The molecule has 0 aliphatic heterocycles. The average molecular weight is 561 g/mol. The van der Waals surface area contributed by atoms with Crippen molar-refractivity contribution >= 4 is 40.3 Å². The first-order valence-corrected chi connectivity index (χ1v) is 14.1. The Morgan fingerprint density at radius 1 is 0.900 bits per heavy atom. The van der Waals surface area contributed by atoms with Gasteiger partial charge in [0, 0.05) is 47.9 Å². The van der Waals surface area contributed by atoms with Crippen LogP contribution in [-0.4, -0.2) is 44.1 Å². The van der Waals surface area contributed by atoms with Gasteiger partial charge in [0.1, 0.15) is 11.5 Å². The van der Waals surface area contributed by atoms with E-state index in [0.29, 0.717) is 23.0 Å². The number of nitrogens with zero attached hydrogens (tertiary/aromatic N) is 2. The fraction of sp³-hybridized carbons (Fsp3) is 0.290. The van der Waals surface area contributed by atoms with Gasteiger partial charge in [-0.1, -0.05) is 18.2 Å². The normalized spacial score (nSPS) is 10.8. The first-order chi connectivity index (χ1) is 19.3. The lowest BCUT2D eigenvalue weighted by Gasteiger charge is -2.24. The van der Waals surface area contributed by atoms with Crippen LogP contribution < -0.4 is 29.1 Å². The van der Waals surface area contributed by atoms with Crippen LogP contribution in [0.25, 0.3) is 10.9 Å². The maximum atomic E-state index is 12.6. The van der Waals surface area contributed by atoms with Gasteiger partial charge in [-0.05, 0) is 86.7 Å². The van der Waals surface area contributed by atoms with Gasteiger partial charge >= 0.3 is 6.03 Å². The molecule has 0 bridgehead atoms. The summed E-state index contributed by atoms with van der Waals surface area (Å²) < 4.78 is 20.1. The number of fused-ring (bicyclic) bond motifs is 1. The van der Waals surface area contributed by atoms with Crippen molar-refractivity contribution in [3.63, 3.8) is 0 Å². The molecule has 0 atom stereocenters. The van der Waals surface area contributed by atoms with Crippen molar-refractivity contribution in [2.24, 2.45) is 0 Å². The minimum absolute atomic E-state index is 0.263. The Balaban J connectivity index is 1.38. The number of carbonyl (C=O) groups is 1. The fourth-order valence-electron chi connectivity index (χ4n) is 4.48. The van der Waals surface area contributed by atoms with Crippen molar-refractivity contribution in [3.05, 3.63) is 77.5 Å². The minimum atomic E-state index is -0.263. The zero-order valence-corrected chi connectivity index (χ0v) is 24.6. The van der Waals surface area contributed by atoms with E-state index in [1.165, 1.54) is 23.2 Å². The number of pyridine rings is 1. The lowest BCUT2D eigenvalue weighted by Crippen LogP contribution is -2.29. The van der Waals surface area contributed by atoms with Crippen LogP contribution in [0.3, 0.4) is 0 Å². The monoisotopic (exact) mass is 560 g/mol. The van der Waals surface area contributed by atoms with Gasteiger partial charge in [0.2, 0.25) is 0 Å². The molecule has 8 nitrogen and oxygen atoms in total. The molecule has 0 fully saturated rings. The summed E-state index contributed by atoms with van der Waals surface area (Å²) in [6.45, 7) is 9.88. The van der Waals surface area contributed by atoms with Gasteiger partial charge in [-0.2, -0.15) is 0 Å². The molecule has 0 saturated heterocycles. The molecule has 0 unspecified atom stereocenters. The van der Waals surface area contributed by atoms with E-state index < -0.39 is 0 Å². The number of urea groups is 1. The summed E-state index contributed by atoms with van der Waals surface area (Å²) in [5.41, 5.74) is 5.70. The Morgan fingerprint density at radius 2 is 1.65 bits per heavy atom. The maximum absolute atomic E-state index is 12.6. The molecule has 0 spiro atoms. The van der Waals surface area contributed by atoms with E-state index in [-0.39, 0.29) is 6.03 Å². The van der Waals surface area contributed by atoms with E-state index in [0.717, 1.165) is 46.6 Å². The number of rotatable bonds is 11. The summed E-state index contributed by atoms with van der Waals surface area (Å²) in [4.78, 5) is 19.4. The summed E-state index contributed by atoms with van der Waals surface area (Å²) in [6, 6.07) is 17.4. The highest BCUT2D eigenvalue weighted by Crippen LogP contribution is 2.38. The van der Waals surface area contributed by atoms with Crippen molar-refractivity contribution in [3.8, 4) is 23.0 Å². The van der Waals surface area contributed by atoms with Gasteiger partial charge in [-0.15, -0.1) is 0 Å². The molecule has 0 radical (unpaired) electrons. The number of nitrogens with one attached hydrogen (secondary N) is 2. The van der Waals surface area contributed by atoms with Crippen molar-refractivity contribution in [1.29, 1.82) is 0 Å². The number of aromatic nitrogens is 1. The van der Waals surface area contributed by atoms with Gasteiger partial charge in [-0.25, -0.2) is 4.79 Å². The molecule has 9 heteroatoms. The molecule has 210 valence electrons. The van der Waals surface area contributed by atoms with Crippen molar-refractivity contribution in [1.82, 2.24) is 9.71 Å². The number of benzene rings is 3. The molecule has 0 saturated carbocycles. The van der Waals surface area contributed by atoms with Crippen LogP contribution in [0.4, 0.5) is 16.2 Å². The summed E-state index contributed by atoms with van der Waals surface area (Å²) >= 11 is 1.39. The van der Waals surface area contributed by atoms with Crippen LogP contribution in [0.1, 0.15) is 23.6 Å². The number of amides is 2. The van der Waals surface area contributed by atoms with Crippen molar-refractivity contribution in [2.45, 2.75) is 27.7 Å². The Labute approximate surface area is 240 Å². The summed E-state index contributed by atoms with van der Waals surface area (Å²) in [5, 5.41) is 3.77. The van der Waals surface area contributed by atoms with E-state index in [1.807, 2.05) is 50.2 Å². The van der Waals surface area contributed by atoms with Gasteiger partial charge in [0.25, 0.3) is 0 Å². The van der Waals surface area contributed by atoms with E-state index in [9.17, 15) is 4.79 Å². The van der Waals surface area contributed by atoms with Gasteiger partial charge < -0.3 is 24.4 Å². The number of anilines is 2. The lowest BCUT2D eigenvalue weighted by molar-refractivity contribution is 0.257. The van der Waals surface area contributed by atoms with Crippen LogP contribution in [-0.2, 0) is 0 Å². The number of carbonyl (C=O) groups excluding carboxylic acids is 1. The Kier molecular flexibility index (Phi) is 9.60. The van der Waals surface area contributed by atoms with Gasteiger partial charge in [0.05, 0.1) is 19.7 Å². The van der Waals surface area contributed by atoms with Crippen LogP contribution in [0.2, 0.25) is 0 Å². The number of para-hydroxylation sites is 1. The van der Waals surface area contributed by atoms with E-state index in [4.69, 9.17) is 14.2 Å². The third-order valence-corrected chi connectivity index (χ3v) is 7.38. The zero-order valence-electron chi connectivity index (χ0n) is 23.8. The second-order valence-corrected chi connectivity index (χ2v) is 10.2. The first-order valence-electron chi connectivity index (χ1n) is 13.1. The van der Waals surface area contributed by atoms with Crippen LogP contribution in [0.5, 0.6) is 23.0 Å². The van der Waals surface area contributed by atoms with Crippen LogP contribution in [0.15, 0.2) is 60.8 Å². The molecule has 1 heterocycles. The molecular formula is C31H36N4O4S. The number of methoxy groups -OCH3 is 2. The molecule has 0 aliphatic carbocycles. The SMILES string of the molecule is CCN(CCSNC(=O)Nc1cc(C)c(Oc2ccnc3cc(OC)c(OC)cc23)cc1C)c1ccccc1C. The predicted octanol–water partition coefficient (Wildman–Crippen LogP) is 7.27.